The Morgan fingerprint density at radius 3 is 2.77 bits per heavy atom. The first-order valence-corrected chi connectivity index (χ1v) is 9.22. The average Bonchev–Trinajstić information content (AvgIpc) is 2.93. The minimum absolute atomic E-state index is 0.00342. The highest BCUT2D eigenvalue weighted by atomic mass is 16.5. The number of carbonyl (C=O) groups excluding carboxylic acids is 2. The maximum absolute atomic E-state index is 12.3. The first kappa shape index (κ1) is 18.2. The summed E-state index contributed by atoms with van der Waals surface area (Å²) in [5.74, 6) is -0.707. The van der Waals surface area contributed by atoms with E-state index in [1.807, 2.05) is 39.0 Å². The van der Waals surface area contributed by atoms with Crippen molar-refractivity contribution in [2.75, 3.05) is 6.61 Å². The van der Waals surface area contributed by atoms with Crippen LogP contribution in [0.2, 0.25) is 0 Å². The van der Waals surface area contributed by atoms with E-state index < -0.39 is 5.97 Å². The van der Waals surface area contributed by atoms with Gasteiger partial charge in [-0.05, 0) is 57.2 Å². The average molecular weight is 354 g/mol. The fraction of sp³-hybridized carbons (Fsp3) is 0.429. The second kappa shape index (κ2) is 7.77. The van der Waals surface area contributed by atoms with Gasteiger partial charge in [0.2, 0.25) is 0 Å². The highest BCUT2D eigenvalue weighted by Gasteiger charge is 2.22. The lowest BCUT2D eigenvalue weighted by atomic mass is 9.88. The summed E-state index contributed by atoms with van der Waals surface area (Å²) < 4.78 is 7.30. The topological polar surface area (TPSA) is 60.3 Å². The maximum atomic E-state index is 12.3. The molecule has 1 heterocycles. The maximum Gasteiger partial charge on any atom is 0.340 e. The standard InChI is InChI=1S/C21H26N2O3/c1-4-23-14(2)12-18(15(23)3)21(25)26-13-20(24)22-19-11-7-9-16-8-5-6-10-17(16)19/h5-6,8,10,12,19H,4,7,9,11,13H2,1-3H3,(H,22,24)/t19-/m1/s1. The third kappa shape index (κ3) is 3.66. The third-order valence-electron chi connectivity index (χ3n) is 5.15. The van der Waals surface area contributed by atoms with E-state index in [0.717, 1.165) is 37.2 Å². The summed E-state index contributed by atoms with van der Waals surface area (Å²) in [6.45, 7) is 6.43. The quantitative estimate of drug-likeness (QED) is 0.836. The number of nitrogens with zero attached hydrogens (tertiary/aromatic N) is 1. The van der Waals surface area contributed by atoms with Crippen LogP contribution in [0.1, 0.15) is 58.7 Å². The Kier molecular flexibility index (Phi) is 5.45. The molecule has 0 bridgehead atoms. The molecule has 1 aliphatic rings. The molecule has 0 aliphatic heterocycles. The summed E-state index contributed by atoms with van der Waals surface area (Å²) in [6, 6.07) is 10.00. The first-order valence-electron chi connectivity index (χ1n) is 9.22. The van der Waals surface area contributed by atoms with Gasteiger partial charge in [0.15, 0.2) is 6.61 Å². The van der Waals surface area contributed by atoms with E-state index in [1.165, 1.54) is 11.1 Å². The van der Waals surface area contributed by atoms with E-state index in [9.17, 15) is 9.59 Å². The van der Waals surface area contributed by atoms with Gasteiger partial charge in [-0.15, -0.1) is 0 Å². The Morgan fingerprint density at radius 1 is 1.27 bits per heavy atom. The number of rotatable bonds is 5. The molecule has 138 valence electrons. The molecule has 26 heavy (non-hydrogen) atoms. The normalized spacial score (nSPS) is 16.0. The van der Waals surface area contributed by atoms with Crippen LogP contribution in [0.15, 0.2) is 30.3 Å². The van der Waals surface area contributed by atoms with Gasteiger partial charge in [-0.2, -0.15) is 0 Å². The number of benzene rings is 1. The van der Waals surface area contributed by atoms with E-state index in [2.05, 4.69) is 22.0 Å². The van der Waals surface area contributed by atoms with Crippen molar-refractivity contribution in [3.8, 4) is 0 Å². The highest BCUT2D eigenvalue weighted by molar-refractivity contribution is 5.92. The number of nitrogens with one attached hydrogen (secondary N) is 1. The zero-order chi connectivity index (χ0) is 18.7. The van der Waals surface area contributed by atoms with E-state index in [4.69, 9.17) is 4.74 Å². The molecule has 0 radical (unpaired) electrons. The Morgan fingerprint density at radius 2 is 2.04 bits per heavy atom. The molecule has 1 N–H and O–H groups in total. The molecule has 0 saturated carbocycles. The first-order chi connectivity index (χ1) is 12.5. The lowest BCUT2D eigenvalue weighted by molar-refractivity contribution is -0.125. The van der Waals surface area contributed by atoms with E-state index in [1.54, 1.807) is 0 Å². The van der Waals surface area contributed by atoms with Crippen molar-refractivity contribution in [1.29, 1.82) is 0 Å². The van der Waals surface area contributed by atoms with E-state index >= 15 is 0 Å². The lowest BCUT2D eigenvalue weighted by Gasteiger charge is -2.26. The smallest absolute Gasteiger partial charge is 0.340 e. The van der Waals surface area contributed by atoms with Crippen molar-refractivity contribution in [3.05, 3.63) is 58.4 Å². The number of esters is 1. The van der Waals surface area contributed by atoms with E-state index in [-0.39, 0.29) is 18.6 Å². The Bertz CT molecular complexity index is 823. The predicted octanol–water partition coefficient (Wildman–Crippen LogP) is 3.48. The zero-order valence-electron chi connectivity index (χ0n) is 15.7. The third-order valence-corrected chi connectivity index (χ3v) is 5.15. The number of carbonyl (C=O) groups is 2. The number of amides is 1. The van der Waals surface area contributed by atoms with Crippen LogP contribution in [-0.4, -0.2) is 23.1 Å². The number of aryl methyl sites for hydroxylation is 2. The largest absolute Gasteiger partial charge is 0.452 e. The van der Waals surface area contributed by atoms with Gasteiger partial charge in [0.25, 0.3) is 5.91 Å². The van der Waals surface area contributed by atoms with Gasteiger partial charge in [0.05, 0.1) is 11.6 Å². The fourth-order valence-electron chi connectivity index (χ4n) is 3.84. The van der Waals surface area contributed by atoms with Crippen LogP contribution in [0.4, 0.5) is 0 Å². The Hall–Kier alpha value is -2.56. The molecular weight excluding hydrogens is 328 g/mol. The molecule has 1 aromatic heterocycles. The lowest BCUT2D eigenvalue weighted by Crippen LogP contribution is -2.34. The van der Waals surface area contributed by atoms with Crippen molar-refractivity contribution in [3.63, 3.8) is 0 Å². The van der Waals surface area contributed by atoms with Gasteiger partial charge in [-0.25, -0.2) is 4.79 Å². The predicted molar refractivity (Wildman–Crippen MR) is 100 cm³/mol. The molecular formula is C21H26N2O3. The summed E-state index contributed by atoms with van der Waals surface area (Å²) in [5.41, 5.74) is 4.87. The second-order valence-electron chi connectivity index (χ2n) is 6.82. The van der Waals surface area contributed by atoms with Crippen LogP contribution in [-0.2, 0) is 22.5 Å². The number of aromatic nitrogens is 1. The molecule has 1 atom stereocenters. The second-order valence-corrected chi connectivity index (χ2v) is 6.82. The Labute approximate surface area is 154 Å². The van der Waals surface area contributed by atoms with Gasteiger partial charge in [0, 0.05) is 17.9 Å². The molecule has 0 saturated heterocycles. The molecule has 1 aliphatic carbocycles. The number of hydrogen-bond acceptors (Lipinski definition) is 3. The SMILES string of the molecule is CCn1c(C)cc(C(=O)OCC(=O)N[C@@H]2CCCc3ccccc32)c1C. The van der Waals surface area contributed by atoms with Crippen LogP contribution < -0.4 is 5.32 Å². The molecule has 0 unspecified atom stereocenters. The van der Waals surface area contributed by atoms with Gasteiger partial charge < -0.3 is 14.6 Å². The molecule has 2 aromatic rings. The van der Waals surface area contributed by atoms with Gasteiger partial charge in [-0.3, -0.25) is 4.79 Å². The number of hydrogen-bond donors (Lipinski definition) is 1. The van der Waals surface area contributed by atoms with Crippen LogP contribution in [0, 0.1) is 13.8 Å². The molecule has 5 nitrogen and oxygen atoms in total. The zero-order valence-corrected chi connectivity index (χ0v) is 15.7. The van der Waals surface area contributed by atoms with Gasteiger partial charge >= 0.3 is 5.97 Å². The number of fused-ring (bicyclic) bond motifs is 1. The van der Waals surface area contributed by atoms with E-state index in [0.29, 0.717) is 5.56 Å². The van der Waals surface area contributed by atoms with Gasteiger partial charge in [-0.1, -0.05) is 24.3 Å². The van der Waals surface area contributed by atoms with Crippen LogP contribution in [0.5, 0.6) is 0 Å². The minimum atomic E-state index is -0.447. The molecule has 1 aromatic carbocycles. The van der Waals surface area contributed by atoms with Crippen molar-refractivity contribution >= 4 is 11.9 Å². The molecule has 0 fully saturated rings. The van der Waals surface area contributed by atoms with Crippen LogP contribution >= 0.6 is 0 Å². The van der Waals surface area contributed by atoms with Crippen molar-refractivity contribution in [2.24, 2.45) is 0 Å². The number of ether oxygens (including phenoxy) is 1. The molecule has 0 spiro atoms. The fourth-order valence-corrected chi connectivity index (χ4v) is 3.84. The van der Waals surface area contributed by atoms with Gasteiger partial charge in [0.1, 0.15) is 0 Å². The summed E-state index contributed by atoms with van der Waals surface area (Å²) in [5, 5.41) is 3.00. The molecule has 3 rings (SSSR count). The molecule has 5 heteroatoms. The summed E-state index contributed by atoms with van der Waals surface area (Å²) >= 11 is 0. The summed E-state index contributed by atoms with van der Waals surface area (Å²) in [7, 11) is 0. The monoisotopic (exact) mass is 354 g/mol. The molecule has 1 amide bonds. The van der Waals surface area contributed by atoms with Crippen molar-refractivity contribution < 1.29 is 14.3 Å². The summed E-state index contributed by atoms with van der Waals surface area (Å²) in [4.78, 5) is 24.6. The van der Waals surface area contributed by atoms with Crippen LogP contribution in [0.3, 0.4) is 0 Å². The van der Waals surface area contributed by atoms with Crippen molar-refractivity contribution in [1.82, 2.24) is 9.88 Å². The summed E-state index contributed by atoms with van der Waals surface area (Å²) in [6.07, 6.45) is 3.00. The van der Waals surface area contributed by atoms with Crippen molar-refractivity contribution in [2.45, 2.75) is 52.6 Å². The minimum Gasteiger partial charge on any atom is -0.452 e. The Balaban J connectivity index is 1.59. The van der Waals surface area contributed by atoms with Crippen LogP contribution in [0.25, 0.3) is 0 Å². The highest BCUT2D eigenvalue weighted by Crippen LogP contribution is 2.29.